The van der Waals surface area contributed by atoms with Crippen molar-refractivity contribution in [2.45, 2.75) is 41.0 Å². The SMILES string of the molecule is C=C/C(COCCCN(C)CCN(CC)c1ccccc1)=N\O.CC.CC. The minimum atomic E-state index is 0.307. The molecule has 0 unspecified atom stereocenters. The number of likely N-dealkylation sites (N-methyl/N-ethyl adjacent to an activating group) is 2. The number of oxime groups is 1. The number of ether oxygens (including phenoxy) is 1. The molecule has 0 aliphatic rings. The van der Waals surface area contributed by atoms with E-state index in [0.29, 0.717) is 18.9 Å². The van der Waals surface area contributed by atoms with Crippen molar-refractivity contribution in [1.82, 2.24) is 4.90 Å². The first-order chi connectivity index (χ1) is 13.2. The lowest BCUT2D eigenvalue weighted by Gasteiger charge is -2.26. The maximum atomic E-state index is 8.63. The summed E-state index contributed by atoms with van der Waals surface area (Å²) in [6.07, 6.45) is 2.44. The molecule has 0 aromatic heterocycles. The highest BCUT2D eigenvalue weighted by Gasteiger charge is 2.05. The highest BCUT2D eigenvalue weighted by atomic mass is 16.5. The van der Waals surface area contributed by atoms with Gasteiger partial charge in [0.15, 0.2) is 0 Å². The number of hydrogen-bond donors (Lipinski definition) is 1. The number of anilines is 1. The maximum absolute atomic E-state index is 8.63. The Hall–Kier alpha value is -1.85. The fraction of sp³-hybridized carbons (Fsp3) is 0.591. The summed E-state index contributed by atoms with van der Waals surface area (Å²) in [5.41, 5.74) is 1.73. The van der Waals surface area contributed by atoms with E-state index in [0.717, 1.165) is 32.6 Å². The normalized spacial score (nSPS) is 10.4. The van der Waals surface area contributed by atoms with Crippen molar-refractivity contribution < 1.29 is 9.94 Å². The van der Waals surface area contributed by atoms with Crippen molar-refractivity contribution in [3.8, 4) is 0 Å². The van der Waals surface area contributed by atoms with Crippen LogP contribution in [0.2, 0.25) is 0 Å². The molecule has 1 N–H and O–H groups in total. The number of nitrogens with zero attached hydrogens (tertiary/aromatic N) is 3. The maximum Gasteiger partial charge on any atom is 0.105 e. The Kier molecular flexibility index (Phi) is 20.7. The van der Waals surface area contributed by atoms with Gasteiger partial charge in [0.25, 0.3) is 0 Å². The smallest absolute Gasteiger partial charge is 0.105 e. The first-order valence-corrected chi connectivity index (χ1v) is 10.1. The van der Waals surface area contributed by atoms with E-state index in [-0.39, 0.29) is 0 Å². The van der Waals surface area contributed by atoms with Crippen molar-refractivity contribution >= 4 is 11.4 Å². The Morgan fingerprint density at radius 2 is 1.74 bits per heavy atom. The van der Waals surface area contributed by atoms with Crippen molar-refractivity contribution in [1.29, 1.82) is 0 Å². The zero-order valence-corrected chi connectivity index (χ0v) is 18.3. The fourth-order valence-corrected chi connectivity index (χ4v) is 2.25. The molecule has 1 aromatic carbocycles. The molecule has 5 nitrogen and oxygen atoms in total. The average Bonchev–Trinajstić information content (AvgIpc) is 2.75. The summed E-state index contributed by atoms with van der Waals surface area (Å²) in [7, 11) is 2.13. The number of hydrogen-bond acceptors (Lipinski definition) is 5. The third-order valence-electron chi connectivity index (χ3n) is 3.70. The third-order valence-corrected chi connectivity index (χ3v) is 3.70. The van der Waals surface area contributed by atoms with E-state index in [2.05, 4.69) is 59.8 Å². The lowest BCUT2D eigenvalue weighted by molar-refractivity contribution is 0.155. The topological polar surface area (TPSA) is 48.3 Å². The molecule has 0 radical (unpaired) electrons. The molecule has 0 amide bonds. The van der Waals surface area contributed by atoms with Gasteiger partial charge >= 0.3 is 0 Å². The second-order valence-corrected chi connectivity index (χ2v) is 5.42. The van der Waals surface area contributed by atoms with Gasteiger partial charge in [0.2, 0.25) is 0 Å². The van der Waals surface area contributed by atoms with Gasteiger partial charge in [-0.05, 0) is 38.6 Å². The summed E-state index contributed by atoms with van der Waals surface area (Å²) in [6.45, 7) is 18.7. The van der Waals surface area contributed by atoms with Gasteiger partial charge in [-0.1, -0.05) is 57.6 Å². The molecular weight excluding hydrogens is 338 g/mol. The lowest BCUT2D eigenvalue weighted by atomic mass is 10.3. The van der Waals surface area contributed by atoms with E-state index in [9.17, 15) is 0 Å². The first-order valence-electron chi connectivity index (χ1n) is 10.1. The van der Waals surface area contributed by atoms with Crippen molar-refractivity contribution in [3.05, 3.63) is 43.0 Å². The Balaban J connectivity index is 0. The summed E-state index contributed by atoms with van der Waals surface area (Å²) in [5.74, 6) is 0. The van der Waals surface area contributed by atoms with E-state index in [1.807, 2.05) is 33.8 Å². The molecule has 0 spiro atoms. The quantitative estimate of drug-likeness (QED) is 0.242. The molecule has 0 atom stereocenters. The molecule has 1 rings (SSSR count). The Labute approximate surface area is 167 Å². The highest BCUT2D eigenvalue weighted by Crippen LogP contribution is 2.12. The zero-order chi connectivity index (χ0) is 20.9. The van der Waals surface area contributed by atoms with Crippen molar-refractivity contribution in [3.63, 3.8) is 0 Å². The van der Waals surface area contributed by atoms with Crippen LogP contribution in [0.5, 0.6) is 0 Å². The molecule has 0 saturated carbocycles. The molecule has 0 heterocycles. The molecule has 0 fully saturated rings. The van der Waals surface area contributed by atoms with Crippen LogP contribution in [0.4, 0.5) is 5.69 Å². The fourth-order valence-electron chi connectivity index (χ4n) is 2.25. The molecule has 0 aliphatic heterocycles. The average molecular weight is 380 g/mol. The van der Waals surface area contributed by atoms with Gasteiger partial charge in [-0.2, -0.15) is 0 Å². The molecule has 27 heavy (non-hydrogen) atoms. The second kappa shape index (κ2) is 20.5. The Morgan fingerprint density at radius 1 is 1.11 bits per heavy atom. The second-order valence-electron chi connectivity index (χ2n) is 5.42. The molecular formula is C22H41N3O2. The van der Waals surface area contributed by atoms with E-state index in [1.54, 1.807) is 0 Å². The van der Waals surface area contributed by atoms with Gasteiger partial charge in [0.1, 0.15) is 5.71 Å². The van der Waals surface area contributed by atoms with E-state index >= 15 is 0 Å². The van der Waals surface area contributed by atoms with Crippen molar-refractivity contribution in [2.24, 2.45) is 5.16 Å². The van der Waals surface area contributed by atoms with Gasteiger partial charge in [0, 0.05) is 38.5 Å². The molecule has 0 aliphatic carbocycles. The summed E-state index contributed by atoms with van der Waals surface area (Å²) in [5, 5.41) is 11.7. The molecule has 1 aromatic rings. The number of benzene rings is 1. The highest BCUT2D eigenvalue weighted by molar-refractivity contribution is 5.95. The van der Waals surface area contributed by atoms with Crippen LogP contribution < -0.4 is 4.90 Å². The van der Waals surface area contributed by atoms with Crippen LogP contribution in [-0.2, 0) is 4.74 Å². The van der Waals surface area contributed by atoms with E-state index in [1.165, 1.54) is 11.8 Å². The van der Waals surface area contributed by atoms with Gasteiger partial charge < -0.3 is 19.7 Å². The summed E-state index contributed by atoms with van der Waals surface area (Å²) in [4.78, 5) is 4.69. The van der Waals surface area contributed by atoms with Crippen LogP contribution in [0.1, 0.15) is 41.0 Å². The monoisotopic (exact) mass is 379 g/mol. The number of para-hydroxylation sites is 1. The molecule has 0 saturated heterocycles. The molecule has 156 valence electrons. The Bertz CT molecular complexity index is 464. The van der Waals surface area contributed by atoms with Crippen LogP contribution in [0, 0.1) is 0 Å². The molecule has 0 bridgehead atoms. The van der Waals surface area contributed by atoms with E-state index in [4.69, 9.17) is 9.94 Å². The van der Waals surface area contributed by atoms with Crippen LogP contribution in [0.15, 0.2) is 48.1 Å². The largest absolute Gasteiger partial charge is 0.411 e. The van der Waals surface area contributed by atoms with Gasteiger partial charge in [-0.25, -0.2) is 0 Å². The standard InChI is InChI=1S/C18H29N3O2.2C2H6/c1-4-17(19-22)16-23-15-9-12-20(3)13-14-21(5-2)18-10-7-6-8-11-18;2*1-2/h4,6-8,10-11,22H,1,5,9,12-16H2,2-3H3;2*1-2H3/b19-17+;;. The third kappa shape index (κ3) is 13.9. The summed E-state index contributed by atoms with van der Waals surface area (Å²) < 4.78 is 5.44. The van der Waals surface area contributed by atoms with Crippen LogP contribution in [0.25, 0.3) is 0 Å². The lowest BCUT2D eigenvalue weighted by Crippen LogP contribution is -2.34. The number of rotatable bonds is 12. The van der Waals surface area contributed by atoms with Crippen LogP contribution in [-0.4, -0.2) is 62.3 Å². The molecule has 5 heteroatoms. The first kappa shape index (κ1) is 27.4. The van der Waals surface area contributed by atoms with E-state index < -0.39 is 0 Å². The van der Waals surface area contributed by atoms with Crippen molar-refractivity contribution in [2.75, 3.05) is 51.3 Å². The van der Waals surface area contributed by atoms with Crippen LogP contribution >= 0.6 is 0 Å². The summed E-state index contributed by atoms with van der Waals surface area (Å²) in [6, 6.07) is 10.5. The predicted molar refractivity (Wildman–Crippen MR) is 119 cm³/mol. The minimum Gasteiger partial charge on any atom is -0.411 e. The zero-order valence-electron chi connectivity index (χ0n) is 18.3. The minimum absolute atomic E-state index is 0.307. The Morgan fingerprint density at radius 3 is 2.26 bits per heavy atom. The van der Waals surface area contributed by atoms with Gasteiger partial charge in [0.05, 0.1) is 6.61 Å². The predicted octanol–water partition coefficient (Wildman–Crippen LogP) is 4.92. The van der Waals surface area contributed by atoms with Gasteiger partial charge in [-0.3, -0.25) is 0 Å². The summed E-state index contributed by atoms with van der Waals surface area (Å²) >= 11 is 0. The van der Waals surface area contributed by atoms with Gasteiger partial charge in [-0.15, -0.1) is 0 Å². The van der Waals surface area contributed by atoms with Crippen LogP contribution in [0.3, 0.4) is 0 Å².